The van der Waals surface area contributed by atoms with Crippen LogP contribution < -0.4 is 11.1 Å². The van der Waals surface area contributed by atoms with Crippen LogP contribution in [0.5, 0.6) is 0 Å². The summed E-state index contributed by atoms with van der Waals surface area (Å²) in [5.41, 5.74) is 6.71. The number of amides is 1. The molecule has 5 heteroatoms. The van der Waals surface area contributed by atoms with Crippen molar-refractivity contribution in [1.29, 1.82) is 0 Å². The molecule has 1 atom stereocenters. The molecule has 0 spiro atoms. The van der Waals surface area contributed by atoms with Gasteiger partial charge in [0.1, 0.15) is 0 Å². The summed E-state index contributed by atoms with van der Waals surface area (Å²) < 4.78 is 0. The Morgan fingerprint density at radius 2 is 2.33 bits per heavy atom. The molecule has 0 radical (unpaired) electrons. The van der Waals surface area contributed by atoms with Crippen molar-refractivity contribution < 1.29 is 4.79 Å². The van der Waals surface area contributed by atoms with Crippen LogP contribution in [0.25, 0.3) is 0 Å². The highest BCUT2D eigenvalue weighted by Crippen LogP contribution is 2.06. The third kappa shape index (κ3) is 4.81. The predicted molar refractivity (Wildman–Crippen MR) is 71.8 cm³/mol. The molecule has 100 valence electrons. The van der Waals surface area contributed by atoms with Gasteiger partial charge in [-0.15, -0.1) is 0 Å². The number of carbonyl (C=O) groups excluding carboxylic acids is 1. The maximum atomic E-state index is 11.6. The standard InChI is InChI=1S/C13H22N4O/c1-3-15-13(18)8-12(9-14)17(2)10-11-6-4-5-7-16-11/h4-7,12H,3,8-10,14H2,1-2H3,(H,15,18). The van der Waals surface area contributed by atoms with E-state index < -0.39 is 0 Å². The van der Waals surface area contributed by atoms with E-state index in [0.29, 0.717) is 26.1 Å². The molecule has 1 amide bonds. The van der Waals surface area contributed by atoms with Crippen molar-refractivity contribution in [3.63, 3.8) is 0 Å². The number of likely N-dealkylation sites (N-methyl/N-ethyl adjacent to an activating group) is 1. The quantitative estimate of drug-likeness (QED) is 0.733. The molecule has 5 nitrogen and oxygen atoms in total. The summed E-state index contributed by atoms with van der Waals surface area (Å²) >= 11 is 0. The topological polar surface area (TPSA) is 71.2 Å². The number of nitrogens with one attached hydrogen (secondary N) is 1. The van der Waals surface area contributed by atoms with E-state index in [1.54, 1.807) is 6.20 Å². The zero-order valence-electron chi connectivity index (χ0n) is 11.1. The second-order valence-corrected chi connectivity index (χ2v) is 4.28. The first-order valence-electron chi connectivity index (χ1n) is 6.24. The number of nitrogens with zero attached hydrogens (tertiary/aromatic N) is 2. The van der Waals surface area contributed by atoms with Crippen LogP contribution in [-0.2, 0) is 11.3 Å². The van der Waals surface area contributed by atoms with E-state index in [4.69, 9.17) is 5.73 Å². The molecule has 0 aliphatic carbocycles. The molecule has 3 N–H and O–H groups in total. The number of rotatable bonds is 7. The van der Waals surface area contributed by atoms with E-state index in [0.717, 1.165) is 5.69 Å². The number of carbonyl (C=O) groups is 1. The average Bonchev–Trinajstić information content (AvgIpc) is 2.37. The zero-order valence-corrected chi connectivity index (χ0v) is 11.1. The Hall–Kier alpha value is -1.46. The van der Waals surface area contributed by atoms with Gasteiger partial charge in [0, 0.05) is 38.3 Å². The molecule has 0 saturated carbocycles. The van der Waals surface area contributed by atoms with Crippen LogP contribution >= 0.6 is 0 Å². The minimum absolute atomic E-state index is 0.0403. The maximum absolute atomic E-state index is 11.6. The Labute approximate surface area is 108 Å². The van der Waals surface area contributed by atoms with Crippen LogP contribution in [0.4, 0.5) is 0 Å². The minimum Gasteiger partial charge on any atom is -0.356 e. The molecule has 1 aromatic rings. The second kappa shape index (κ2) is 7.79. The van der Waals surface area contributed by atoms with Gasteiger partial charge in [0.05, 0.1) is 5.69 Å². The highest BCUT2D eigenvalue weighted by Gasteiger charge is 2.17. The molecular formula is C13H22N4O. The van der Waals surface area contributed by atoms with Crippen molar-refractivity contribution in [3.05, 3.63) is 30.1 Å². The van der Waals surface area contributed by atoms with Crippen molar-refractivity contribution in [2.75, 3.05) is 20.1 Å². The zero-order chi connectivity index (χ0) is 13.4. The van der Waals surface area contributed by atoms with Crippen molar-refractivity contribution in [2.24, 2.45) is 5.73 Å². The van der Waals surface area contributed by atoms with E-state index in [1.807, 2.05) is 32.2 Å². The summed E-state index contributed by atoms with van der Waals surface area (Å²) in [5, 5.41) is 2.79. The fourth-order valence-corrected chi connectivity index (χ4v) is 1.78. The van der Waals surface area contributed by atoms with Crippen molar-refractivity contribution >= 4 is 5.91 Å². The smallest absolute Gasteiger partial charge is 0.221 e. The Morgan fingerprint density at radius 1 is 1.56 bits per heavy atom. The molecule has 0 aromatic carbocycles. The fraction of sp³-hybridized carbons (Fsp3) is 0.538. The van der Waals surface area contributed by atoms with Crippen molar-refractivity contribution in [2.45, 2.75) is 25.9 Å². The third-order valence-electron chi connectivity index (χ3n) is 2.83. The summed E-state index contributed by atoms with van der Waals surface area (Å²) in [5.74, 6) is 0.0424. The Kier molecular flexibility index (Phi) is 6.32. The van der Waals surface area contributed by atoms with E-state index in [1.165, 1.54) is 0 Å². The van der Waals surface area contributed by atoms with E-state index in [2.05, 4.69) is 15.2 Å². The summed E-state index contributed by atoms with van der Waals surface area (Å²) in [6.07, 6.45) is 2.19. The lowest BCUT2D eigenvalue weighted by Gasteiger charge is -2.26. The highest BCUT2D eigenvalue weighted by molar-refractivity contribution is 5.76. The van der Waals surface area contributed by atoms with Gasteiger partial charge >= 0.3 is 0 Å². The maximum Gasteiger partial charge on any atom is 0.221 e. The molecule has 0 saturated heterocycles. The number of aromatic nitrogens is 1. The van der Waals surface area contributed by atoms with Crippen LogP contribution in [0, 0.1) is 0 Å². The van der Waals surface area contributed by atoms with Gasteiger partial charge in [0.25, 0.3) is 0 Å². The Bertz CT molecular complexity index is 355. The normalized spacial score (nSPS) is 12.4. The molecular weight excluding hydrogens is 228 g/mol. The Balaban J connectivity index is 2.51. The van der Waals surface area contributed by atoms with Crippen LogP contribution in [0.15, 0.2) is 24.4 Å². The predicted octanol–water partition coefficient (Wildman–Crippen LogP) is 0.367. The lowest BCUT2D eigenvalue weighted by molar-refractivity contribution is -0.122. The molecule has 1 rings (SSSR count). The van der Waals surface area contributed by atoms with Crippen LogP contribution in [0.1, 0.15) is 19.0 Å². The van der Waals surface area contributed by atoms with Gasteiger partial charge in [-0.2, -0.15) is 0 Å². The van der Waals surface area contributed by atoms with Crippen molar-refractivity contribution in [1.82, 2.24) is 15.2 Å². The summed E-state index contributed by atoms with van der Waals surface area (Å²) in [4.78, 5) is 17.9. The lowest BCUT2D eigenvalue weighted by Crippen LogP contribution is -2.41. The van der Waals surface area contributed by atoms with Gasteiger partial charge in [0.15, 0.2) is 0 Å². The van der Waals surface area contributed by atoms with Gasteiger partial charge in [0.2, 0.25) is 5.91 Å². The molecule has 1 aromatic heterocycles. The average molecular weight is 250 g/mol. The number of hydrogen-bond acceptors (Lipinski definition) is 4. The monoisotopic (exact) mass is 250 g/mol. The summed E-state index contributed by atoms with van der Waals surface area (Å²) in [6.45, 7) is 3.72. The Morgan fingerprint density at radius 3 is 2.89 bits per heavy atom. The van der Waals surface area contributed by atoms with Crippen LogP contribution in [0.3, 0.4) is 0 Å². The molecule has 1 heterocycles. The van der Waals surface area contributed by atoms with E-state index in [9.17, 15) is 4.79 Å². The van der Waals surface area contributed by atoms with Gasteiger partial charge in [-0.1, -0.05) is 6.07 Å². The minimum atomic E-state index is 0.0403. The first-order chi connectivity index (χ1) is 8.67. The molecule has 0 fully saturated rings. The van der Waals surface area contributed by atoms with E-state index >= 15 is 0 Å². The summed E-state index contributed by atoms with van der Waals surface area (Å²) in [6, 6.07) is 5.85. The van der Waals surface area contributed by atoms with E-state index in [-0.39, 0.29) is 11.9 Å². The molecule has 18 heavy (non-hydrogen) atoms. The highest BCUT2D eigenvalue weighted by atomic mass is 16.1. The van der Waals surface area contributed by atoms with Gasteiger partial charge < -0.3 is 11.1 Å². The first-order valence-corrected chi connectivity index (χ1v) is 6.24. The molecule has 0 aliphatic rings. The molecule has 0 bridgehead atoms. The fourth-order valence-electron chi connectivity index (χ4n) is 1.78. The van der Waals surface area contributed by atoms with Crippen molar-refractivity contribution in [3.8, 4) is 0 Å². The summed E-state index contributed by atoms with van der Waals surface area (Å²) in [7, 11) is 1.96. The van der Waals surface area contributed by atoms with Gasteiger partial charge in [-0.3, -0.25) is 14.7 Å². The third-order valence-corrected chi connectivity index (χ3v) is 2.83. The van der Waals surface area contributed by atoms with Crippen LogP contribution in [0.2, 0.25) is 0 Å². The molecule has 0 aliphatic heterocycles. The van der Waals surface area contributed by atoms with Gasteiger partial charge in [-0.25, -0.2) is 0 Å². The van der Waals surface area contributed by atoms with Crippen LogP contribution in [-0.4, -0.2) is 42.0 Å². The molecule has 1 unspecified atom stereocenters. The number of hydrogen-bond donors (Lipinski definition) is 2. The first kappa shape index (κ1) is 14.6. The largest absolute Gasteiger partial charge is 0.356 e. The number of nitrogens with two attached hydrogens (primary N) is 1. The number of pyridine rings is 1. The van der Waals surface area contributed by atoms with Gasteiger partial charge in [-0.05, 0) is 26.1 Å². The SMILES string of the molecule is CCNC(=O)CC(CN)N(C)Cc1ccccn1. The second-order valence-electron chi connectivity index (χ2n) is 4.28. The lowest BCUT2D eigenvalue weighted by atomic mass is 10.1.